The third kappa shape index (κ3) is 3.11. The first-order chi connectivity index (χ1) is 8.16. The molecule has 2 rings (SSSR count). The highest BCUT2D eigenvalue weighted by atomic mass is 35.5. The van der Waals surface area contributed by atoms with Crippen LogP contribution in [0.4, 0.5) is 0 Å². The van der Waals surface area contributed by atoms with Crippen LogP contribution in [0.1, 0.15) is 23.2 Å². The number of halogens is 1. The average Bonchev–Trinajstić information content (AvgIpc) is 2.32. The van der Waals surface area contributed by atoms with Crippen molar-refractivity contribution in [3.63, 3.8) is 0 Å². The van der Waals surface area contributed by atoms with Gasteiger partial charge in [0.15, 0.2) is 0 Å². The fourth-order valence-electron chi connectivity index (χ4n) is 1.90. The summed E-state index contributed by atoms with van der Waals surface area (Å²) >= 11 is 5.83. The summed E-state index contributed by atoms with van der Waals surface area (Å²) in [4.78, 5) is 11.3. The molecule has 1 unspecified atom stereocenters. The van der Waals surface area contributed by atoms with Crippen LogP contribution in [0.5, 0.6) is 5.75 Å². The molecule has 1 amide bonds. The predicted molar refractivity (Wildman–Crippen MR) is 66.5 cm³/mol. The maximum absolute atomic E-state index is 11.3. The molecule has 92 valence electrons. The highest BCUT2D eigenvalue weighted by molar-refractivity contribution is 6.31. The van der Waals surface area contributed by atoms with Crippen molar-refractivity contribution in [2.75, 3.05) is 13.1 Å². The number of ether oxygens (including phenoxy) is 1. The lowest BCUT2D eigenvalue weighted by Gasteiger charge is -2.24. The third-order valence-electron chi connectivity index (χ3n) is 2.75. The topological polar surface area (TPSA) is 64.4 Å². The zero-order valence-electron chi connectivity index (χ0n) is 9.41. The number of piperidine rings is 1. The lowest BCUT2D eigenvalue weighted by atomic mass is 10.1. The van der Waals surface area contributed by atoms with E-state index in [-0.39, 0.29) is 6.10 Å². The minimum absolute atomic E-state index is 0.0861. The summed E-state index contributed by atoms with van der Waals surface area (Å²) in [6.45, 7) is 1.81. The Balaban J connectivity index is 2.16. The molecule has 1 aliphatic rings. The molecule has 5 heteroatoms. The molecule has 1 aromatic rings. The van der Waals surface area contributed by atoms with Crippen LogP contribution in [0.25, 0.3) is 0 Å². The molecule has 1 aliphatic heterocycles. The molecule has 0 spiro atoms. The van der Waals surface area contributed by atoms with E-state index in [1.165, 1.54) is 6.07 Å². The Morgan fingerprint density at radius 1 is 1.53 bits per heavy atom. The van der Waals surface area contributed by atoms with Crippen molar-refractivity contribution in [1.29, 1.82) is 0 Å². The number of rotatable bonds is 3. The van der Waals surface area contributed by atoms with Gasteiger partial charge in [-0.25, -0.2) is 0 Å². The second kappa shape index (κ2) is 5.38. The molecule has 1 fully saturated rings. The Morgan fingerprint density at radius 2 is 2.35 bits per heavy atom. The van der Waals surface area contributed by atoms with Gasteiger partial charge in [0.05, 0.1) is 5.56 Å². The number of hydrogen-bond acceptors (Lipinski definition) is 3. The number of hydrogen-bond donors (Lipinski definition) is 2. The van der Waals surface area contributed by atoms with E-state index < -0.39 is 5.91 Å². The minimum atomic E-state index is -0.522. The van der Waals surface area contributed by atoms with Crippen LogP contribution in [-0.2, 0) is 0 Å². The molecule has 1 heterocycles. The molecule has 0 aliphatic carbocycles. The molecular formula is C12H15ClN2O2. The molecule has 4 nitrogen and oxygen atoms in total. The summed E-state index contributed by atoms with van der Waals surface area (Å²) in [6.07, 6.45) is 2.14. The highest BCUT2D eigenvalue weighted by Crippen LogP contribution is 2.24. The number of amides is 1. The largest absolute Gasteiger partial charge is 0.488 e. The molecular weight excluding hydrogens is 240 g/mol. The van der Waals surface area contributed by atoms with Gasteiger partial charge < -0.3 is 15.8 Å². The Bertz CT molecular complexity index is 417. The quantitative estimate of drug-likeness (QED) is 0.861. The fraction of sp³-hybridized carbons (Fsp3) is 0.417. The number of primary amides is 1. The summed E-state index contributed by atoms with van der Waals surface area (Å²) < 4.78 is 5.78. The maximum atomic E-state index is 11.3. The summed E-state index contributed by atoms with van der Waals surface area (Å²) in [7, 11) is 0. The van der Waals surface area contributed by atoms with Gasteiger partial charge in [-0.1, -0.05) is 11.6 Å². The zero-order chi connectivity index (χ0) is 12.3. The zero-order valence-corrected chi connectivity index (χ0v) is 10.2. The van der Waals surface area contributed by atoms with Crippen molar-refractivity contribution in [3.8, 4) is 5.75 Å². The Kier molecular flexibility index (Phi) is 3.86. The third-order valence-corrected chi connectivity index (χ3v) is 2.99. The Labute approximate surface area is 105 Å². The van der Waals surface area contributed by atoms with E-state index in [1.807, 2.05) is 0 Å². The first kappa shape index (κ1) is 12.2. The van der Waals surface area contributed by atoms with Gasteiger partial charge in [0.2, 0.25) is 0 Å². The monoisotopic (exact) mass is 254 g/mol. The van der Waals surface area contributed by atoms with E-state index in [2.05, 4.69) is 5.32 Å². The van der Waals surface area contributed by atoms with Crippen LogP contribution in [0.2, 0.25) is 5.02 Å². The molecule has 1 atom stereocenters. The van der Waals surface area contributed by atoms with E-state index in [1.54, 1.807) is 12.1 Å². The van der Waals surface area contributed by atoms with Crippen molar-refractivity contribution >= 4 is 17.5 Å². The number of nitrogens with one attached hydrogen (secondary N) is 1. The molecule has 0 aromatic heterocycles. The lowest BCUT2D eigenvalue weighted by molar-refractivity contribution is 0.0990. The summed E-state index contributed by atoms with van der Waals surface area (Å²) in [6, 6.07) is 4.92. The smallest absolute Gasteiger partial charge is 0.252 e. The van der Waals surface area contributed by atoms with Crippen molar-refractivity contribution in [2.24, 2.45) is 5.73 Å². The fourth-order valence-corrected chi connectivity index (χ4v) is 2.07. The summed E-state index contributed by atoms with van der Waals surface area (Å²) in [5, 5.41) is 3.73. The minimum Gasteiger partial charge on any atom is -0.488 e. The van der Waals surface area contributed by atoms with Crippen LogP contribution < -0.4 is 15.8 Å². The van der Waals surface area contributed by atoms with E-state index in [0.29, 0.717) is 16.3 Å². The van der Waals surface area contributed by atoms with Gasteiger partial charge in [-0.2, -0.15) is 0 Å². The van der Waals surface area contributed by atoms with Crippen LogP contribution in [0.3, 0.4) is 0 Å². The maximum Gasteiger partial charge on any atom is 0.252 e. The summed E-state index contributed by atoms with van der Waals surface area (Å²) in [5.74, 6) is -0.0122. The van der Waals surface area contributed by atoms with Crippen molar-refractivity contribution < 1.29 is 9.53 Å². The Morgan fingerprint density at radius 3 is 3.00 bits per heavy atom. The lowest BCUT2D eigenvalue weighted by Crippen LogP contribution is -2.37. The van der Waals surface area contributed by atoms with Crippen molar-refractivity contribution in [3.05, 3.63) is 28.8 Å². The standard InChI is InChI=1S/C12H15ClN2O2/c13-8-3-4-11(10(6-8)12(14)16)17-9-2-1-5-15-7-9/h3-4,6,9,15H,1-2,5,7H2,(H2,14,16). The van der Waals surface area contributed by atoms with Gasteiger partial charge >= 0.3 is 0 Å². The molecule has 3 N–H and O–H groups in total. The number of nitrogens with two attached hydrogens (primary N) is 1. The van der Waals surface area contributed by atoms with Crippen molar-refractivity contribution in [2.45, 2.75) is 18.9 Å². The van der Waals surface area contributed by atoms with Gasteiger partial charge in [-0.05, 0) is 37.6 Å². The average molecular weight is 255 g/mol. The van der Waals surface area contributed by atoms with Gasteiger partial charge in [-0.15, -0.1) is 0 Å². The van der Waals surface area contributed by atoms with E-state index >= 15 is 0 Å². The van der Waals surface area contributed by atoms with E-state index in [9.17, 15) is 4.79 Å². The van der Waals surface area contributed by atoms with E-state index in [0.717, 1.165) is 25.9 Å². The number of benzene rings is 1. The molecule has 0 saturated carbocycles. The molecule has 0 radical (unpaired) electrons. The number of carbonyl (C=O) groups excluding carboxylic acids is 1. The first-order valence-electron chi connectivity index (χ1n) is 5.63. The normalized spacial score (nSPS) is 19.9. The van der Waals surface area contributed by atoms with Crippen LogP contribution in [0.15, 0.2) is 18.2 Å². The second-order valence-corrected chi connectivity index (χ2v) is 4.53. The molecule has 0 bridgehead atoms. The van der Waals surface area contributed by atoms with Gasteiger partial charge in [0.25, 0.3) is 5.91 Å². The molecule has 1 saturated heterocycles. The van der Waals surface area contributed by atoms with Gasteiger partial charge in [-0.3, -0.25) is 4.79 Å². The molecule has 17 heavy (non-hydrogen) atoms. The highest BCUT2D eigenvalue weighted by Gasteiger charge is 2.17. The van der Waals surface area contributed by atoms with Crippen LogP contribution in [0, 0.1) is 0 Å². The number of carbonyl (C=O) groups is 1. The SMILES string of the molecule is NC(=O)c1cc(Cl)ccc1OC1CCCNC1. The van der Waals surface area contributed by atoms with Gasteiger partial charge in [0, 0.05) is 11.6 Å². The first-order valence-corrected chi connectivity index (χ1v) is 6.01. The van der Waals surface area contributed by atoms with Crippen LogP contribution >= 0.6 is 11.6 Å². The van der Waals surface area contributed by atoms with E-state index in [4.69, 9.17) is 22.1 Å². The molecule has 1 aromatic carbocycles. The predicted octanol–water partition coefficient (Wildman–Crippen LogP) is 1.57. The van der Waals surface area contributed by atoms with Gasteiger partial charge in [0.1, 0.15) is 11.9 Å². The second-order valence-electron chi connectivity index (χ2n) is 4.09. The van der Waals surface area contributed by atoms with Crippen molar-refractivity contribution in [1.82, 2.24) is 5.32 Å². The summed E-state index contributed by atoms with van der Waals surface area (Å²) in [5.41, 5.74) is 5.63. The Hall–Kier alpha value is -1.26. The van der Waals surface area contributed by atoms with Crippen LogP contribution in [-0.4, -0.2) is 25.1 Å².